The average molecular weight is 392 g/mol. The lowest BCUT2D eigenvalue weighted by atomic mass is 10.2. The van der Waals surface area contributed by atoms with E-state index in [1.165, 1.54) is 23.1 Å². The third kappa shape index (κ3) is 4.99. The van der Waals surface area contributed by atoms with Gasteiger partial charge < -0.3 is 10.6 Å². The zero-order chi connectivity index (χ0) is 18.5. The SMILES string of the molecule is Cc1cccc(Nc2nnc(SCC(=O)Nc3cc(F)ccc3F)s2)c1. The van der Waals surface area contributed by atoms with Crippen molar-refractivity contribution in [1.29, 1.82) is 0 Å². The van der Waals surface area contributed by atoms with Gasteiger partial charge in [-0.2, -0.15) is 0 Å². The Morgan fingerprint density at radius 2 is 2.04 bits per heavy atom. The first-order chi connectivity index (χ1) is 12.5. The summed E-state index contributed by atoms with van der Waals surface area (Å²) in [6, 6.07) is 10.7. The fourth-order valence-electron chi connectivity index (χ4n) is 2.07. The number of halogens is 2. The highest BCUT2D eigenvalue weighted by Gasteiger charge is 2.11. The van der Waals surface area contributed by atoms with Gasteiger partial charge in [-0.3, -0.25) is 4.79 Å². The number of benzene rings is 2. The quantitative estimate of drug-likeness (QED) is 0.600. The van der Waals surface area contributed by atoms with Crippen molar-refractivity contribution in [3.8, 4) is 0 Å². The van der Waals surface area contributed by atoms with E-state index in [1.54, 1.807) is 0 Å². The van der Waals surface area contributed by atoms with Gasteiger partial charge in [0.05, 0.1) is 11.4 Å². The molecule has 0 saturated carbocycles. The number of carbonyl (C=O) groups is 1. The molecule has 1 heterocycles. The van der Waals surface area contributed by atoms with Crippen LogP contribution in [-0.2, 0) is 4.79 Å². The lowest BCUT2D eigenvalue weighted by Crippen LogP contribution is -2.15. The number of nitrogens with one attached hydrogen (secondary N) is 2. The summed E-state index contributed by atoms with van der Waals surface area (Å²) < 4.78 is 27.2. The molecule has 0 fully saturated rings. The number of hydrogen-bond donors (Lipinski definition) is 2. The summed E-state index contributed by atoms with van der Waals surface area (Å²) in [7, 11) is 0. The van der Waals surface area contributed by atoms with Gasteiger partial charge in [0.25, 0.3) is 0 Å². The van der Waals surface area contributed by atoms with Crippen LogP contribution < -0.4 is 10.6 Å². The average Bonchev–Trinajstić information content (AvgIpc) is 3.04. The van der Waals surface area contributed by atoms with Crippen molar-refractivity contribution in [1.82, 2.24) is 10.2 Å². The molecule has 1 amide bonds. The number of anilines is 3. The van der Waals surface area contributed by atoms with Gasteiger partial charge in [-0.05, 0) is 36.8 Å². The molecule has 0 aliphatic rings. The Balaban J connectivity index is 1.54. The predicted molar refractivity (Wildman–Crippen MR) is 100 cm³/mol. The van der Waals surface area contributed by atoms with E-state index in [0.29, 0.717) is 9.47 Å². The molecule has 0 spiro atoms. The fourth-order valence-corrected chi connectivity index (χ4v) is 3.64. The van der Waals surface area contributed by atoms with Crippen LogP contribution in [0.3, 0.4) is 0 Å². The van der Waals surface area contributed by atoms with E-state index in [0.717, 1.165) is 29.4 Å². The molecule has 0 radical (unpaired) electrons. The van der Waals surface area contributed by atoms with Crippen LogP contribution in [0.15, 0.2) is 46.8 Å². The number of aryl methyl sites for hydroxylation is 1. The molecule has 1 aromatic heterocycles. The Hall–Kier alpha value is -2.52. The lowest BCUT2D eigenvalue weighted by molar-refractivity contribution is -0.113. The summed E-state index contributed by atoms with van der Waals surface area (Å²) in [4.78, 5) is 11.9. The van der Waals surface area contributed by atoms with E-state index in [4.69, 9.17) is 0 Å². The molecule has 26 heavy (non-hydrogen) atoms. The Morgan fingerprint density at radius 3 is 2.85 bits per heavy atom. The van der Waals surface area contributed by atoms with Crippen LogP contribution in [0.1, 0.15) is 5.56 Å². The summed E-state index contributed by atoms with van der Waals surface area (Å²) in [6.45, 7) is 1.99. The van der Waals surface area contributed by atoms with Gasteiger partial charge in [-0.25, -0.2) is 8.78 Å². The number of aromatic nitrogens is 2. The second kappa shape index (κ2) is 8.24. The second-order valence-electron chi connectivity index (χ2n) is 5.33. The zero-order valence-electron chi connectivity index (χ0n) is 13.6. The molecule has 134 valence electrons. The first kappa shape index (κ1) is 18.3. The Labute approximate surface area is 156 Å². The smallest absolute Gasteiger partial charge is 0.234 e. The van der Waals surface area contributed by atoms with Crippen LogP contribution in [-0.4, -0.2) is 21.9 Å². The summed E-state index contributed by atoms with van der Waals surface area (Å²) in [5.41, 5.74) is 1.84. The van der Waals surface area contributed by atoms with Crippen LogP contribution in [0.4, 0.5) is 25.3 Å². The molecule has 0 unspecified atom stereocenters. The first-order valence-corrected chi connectivity index (χ1v) is 9.35. The molecule has 0 saturated heterocycles. The fraction of sp³-hybridized carbons (Fsp3) is 0.118. The van der Waals surface area contributed by atoms with E-state index >= 15 is 0 Å². The van der Waals surface area contributed by atoms with Crippen LogP contribution in [0.25, 0.3) is 0 Å². The standard InChI is InChI=1S/C17H14F2N4OS2/c1-10-3-2-4-12(7-10)20-16-22-23-17(26-16)25-9-15(24)21-14-8-11(18)5-6-13(14)19/h2-8H,9H2,1H3,(H,20,22)(H,21,24). The minimum atomic E-state index is -0.690. The number of thioether (sulfide) groups is 1. The number of hydrogen-bond acceptors (Lipinski definition) is 6. The van der Waals surface area contributed by atoms with Crippen molar-refractivity contribution in [2.45, 2.75) is 11.3 Å². The van der Waals surface area contributed by atoms with Crippen molar-refractivity contribution in [3.63, 3.8) is 0 Å². The molecular formula is C17H14F2N4OS2. The molecule has 2 N–H and O–H groups in total. The Morgan fingerprint density at radius 1 is 1.19 bits per heavy atom. The highest BCUT2D eigenvalue weighted by Crippen LogP contribution is 2.28. The maximum absolute atomic E-state index is 13.5. The Bertz CT molecular complexity index is 933. The Kier molecular flexibility index (Phi) is 5.79. The van der Waals surface area contributed by atoms with Crippen LogP contribution >= 0.6 is 23.1 Å². The molecule has 0 atom stereocenters. The molecular weight excluding hydrogens is 378 g/mol. The topological polar surface area (TPSA) is 66.9 Å². The summed E-state index contributed by atoms with van der Waals surface area (Å²) in [6.07, 6.45) is 0. The van der Waals surface area contributed by atoms with Crippen molar-refractivity contribution < 1.29 is 13.6 Å². The van der Waals surface area contributed by atoms with Gasteiger partial charge in [-0.1, -0.05) is 35.2 Å². The molecule has 0 aliphatic carbocycles. The monoisotopic (exact) mass is 392 g/mol. The third-order valence-corrected chi connectivity index (χ3v) is 5.18. The molecule has 0 aliphatic heterocycles. The number of carbonyl (C=O) groups excluding carboxylic acids is 1. The van der Waals surface area contributed by atoms with Crippen molar-refractivity contribution in [2.75, 3.05) is 16.4 Å². The minimum Gasteiger partial charge on any atom is -0.330 e. The van der Waals surface area contributed by atoms with E-state index in [1.807, 2.05) is 31.2 Å². The zero-order valence-corrected chi connectivity index (χ0v) is 15.3. The minimum absolute atomic E-state index is 0.00896. The van der Waals surface area contributed by atoms with Gasteiger partial charge in [0, 0.05) is 11.8 Å². The maximum atomic E-state index is 13.5. The number of amides is 1. The van der Waals surface area contributed by atoms with Crippen LogP contribution in [0, 0.1) is 18.6 Å². The van der Waals surface area contributed by atoms with Crippen LogP contribution in [0.2, 0.25) is 0 Å². The molecule has 2 aromatic carbocycles. The van der Waals surface area contributed by atoms with Crippen LogP contribution in [0.5, 0.6) is 0 Å². The highest BCUT2D eigenvalue weighted by molar-refractivity contribution is 8.01. The first-order valence-electron chi connectivity index (χ1n) is 7.54. The van der Waals surface area contributed by atoms with Crippen molar-refractivity contribution in [3.05, 3.63) is 59.7 Å². The van der Waals surface area contributed by atoms with E-state index in [2.05, 4.69) is 20.8 Å². The summed E-state index contributed by atoms with van der Waals surface area (Å²) in [5, 5.41) is 14.1. The van der Waals surface area contributed by atoms with Crippen molar-refractivity contribution in [2.24, 2.45) is 0 Å². The third-order valence-electron chi connectivity index (χ3n) is 3.21. The number of nitrogens with zero attached hydrogens (tertiary/aromatic N) is 2. The second-order valence-corrected chi connectivity index (χ2v) is 7.53. The molecule has 9 heteroatoms. The summed E-state index contributed by atoms with van der Waals surface area (Å²) >= 11 is 2.47. The van der Waals surface area contributed by atoms with E-state index in [9.17, 15) is 13.6 Å². The molecule has 5 nitrogen and oxygen atoms in total. The number of rotatable bonds is 6. The van der Waals surface area contributed by atoms with Gasteiger partial charge in [-0.15, -0.1) is 10.2 Å². The predicted octanol–water partition coefficient (Wildman–Crippen LogP) is 4.60. The van der Waals surface area contributed by atoms with Gasteiger partial charge in [0.15, 0.2) is 4.34 Å². The maximum Gasteiger partial charge on any atom is 0.234 e. The largest absolute Gasteiger partial charge is 0.330 e. The van der Waals surface area contributed by atoms with Crippen molar-refractivity contribution >= 4 is 45.5 Å². The normalized spacial score (nSPS) is 10.6. The lowest BCUT2D eigenvalue weighted by Gasteiger charge is -2.05. The van der Waals surface area contributed by atoms with Gasteiger partial charge in [0.2, 0.25) is 11.0 Å². The van der Waals surface area contributed by atoms with E-state index in [-0.39, 0.29) is 11.4 Å². The van der Waals surface area contributed by atoms with Gasteiger partial charge in [0.1, 0.15) is 11.6 Å². The summed E-state index contributed by atoms with van der Waals surface area (Å²) in [5.74, 6) is -1.76. The molecule has 0 bridgehead atoms. The highest BCUT2D eigenvalue weighted by atomic mass is 32.2. The molecule has 3 rings (SSSR count). The molecule has 3 aromatic rings. The van der Waals surface area contributed by atoms with E-state index < -0.39 is 17.5 Å². The van der Waals surface area contributed by atoms with Gasteiger partial charge >= 0.3 is 0 Å².